The molecule has 4 nitrogen and oxygen atoms in total. The molecule has 0 spiro atoms. The first-order valence-electron chi connectivity index (χ1n) is 4.78. The van der Waals surface area contributed by atoms with Crippen LogP contribution in [0.5, 0.6) is 0 Å². The molecule has 0 rings (SSSR count). The summed E-state index contributed by atoms with van der Waals surface area (Å²) in [6.07, 6.45) is 3.44. The summed E-state index contributed by atoms with van der Waals surface area (Å²) >= 11 is 0. The van der Waals surface area contributed by atoms with Crippen LogP contribution in [-0.2, 0) is 15.6 Å². The summed E-state index contributed by atoms with van der Waals surface area (Å²) < 4.78 is 11.0. The smallest absolute Gasteiger partial charge is 0.303 e. The third-order valence-electron chi connectivity index (χ3n) is 2.04. The first-order chi connectivity index (χ1) is 6.54. The van der Waals surface area contributed by atoms with Gasteiger partial charge < -0.3 is 10.4 Å². The fraction of sp³-hybridized carbons (Fsp3) is 0.889. The normalized spacial score (nSPS) is 15.0. The zero-order chi connectivity index (χ0) is 11.0. The molecule has 14 heavy (non-hydrogen) atoms. The second-order valence-corrected chi connectivity index (χ2v) is 5.15. The molecular formula is C9H19NO3S. The molecule has 0 radical (unpaired) electrons. The fourth-order valence-corrected chi connectivity index (χ4v) is 1.41. The van der Waals surface area contributed by atoms with Gasteiger partial charge in [-0.05, 0) is 25.9 Å². The van der Waals surface area contributed by atoms with E-state index in [2.05, 4.69) is 5.32 Å². The largest absolute Gasteiger partial charge is 0.481 e. The highest BCUT2D eigenvalue weighted by atomic mass is 32.2. The molecular weight excluding hydrogens is 202 g/mol. The van der Waals surface area contributed by atoms with E-state index in [-0.39, 0.29) is 11.7 Å². The monoisotopic (exact) mass is 221 g/mol. The number of carboxylic acids is 1. The van der Waals surface area contributed by atoms with Gasteiger partial charge in [0.25, 0.3) is 0 Å². The highest BCUT2D eigenvalue weighted by Crippen LogP contribution is 1.97. The lowest BCUT2D eigenvalue weighted by molar-refractivity contribution is -0.137. The second kappa shape index (κ2) is 7.94. The lowest BCUT2D eigenvalue weighted by Crippen LogP contribution is -2.22. The van der Waals surface area contributed by atoms with Crippen LogP contribution in [0.15, 0.2) is 0 Å². The molecule has 0 aromatic heterocycles. The van der Waals surface area contributed by atoms with Crippen LogP contribution in [0.25, 0.3) is 0 Å². The van der Waals surface area contributed by atoms with Gasteiger partial charge in [-0.15, -0.1) is 0 Å². The maximum Gasteiger partial charge on any atom is 0.303 e. The molecule has 0 aliphatic heterocycles. The molecule has 0 heterocycles. The number of hydrogen-bond donors (Lipinski definition) is 2. The van der Waals surface area contributed by atoms with Gasteiger partial charge in [-0.25, -0.2) is 0 Å². The first-order valence-corrected chi connectivity index (χ1v) is 6.41. The number of aliphatic carboxylic acids is 1. The van der Waals surface area contributed by atoms with E-state index < -0.39 is 16.8 Å². The predicted octanol–water partition coefficient (Wildman–Crippen LogP) is 0.598. The molecule has 2 unspecified atom stereocenters. The quantitative estimate of drug-likeness (QED) is 0.589. The van der Waals surface area contributed by atoms with Crippen LogP contribution in [0, 0.1) is 0 Å². The molecule has 0 aromatic rings. The molecule has 84 valence electrons. The Kier molecular flexibility index (Phi) is 7.70. The standard InChI is InChI=1S/C9H19NO3S/c1-8(14(2)13)5-7-10-6-3-4-9(11)12/h8,10H,3-7H2,1-2H3,(H,11,12). The van der Waals surface area contributed by atoms with E-state index in [1.807, 2.05) is 6.92 Å². The Hall–Kier alpha value is -0.420. The SMILES string of the molecule is CC(CCNCCCC(=O)O)S(C)=O. The Morgan fingerprint density at radius 3 is 2.64 bits per heavy atom. The van der Waals surface area contributed by atoms with E-state index >= 15 is 0 Å². The van der Waals surface area contributed by atoms with Crippen LogP contribution in [-0.4, -0.2) is 39.9 Å². The van der Waals surface area contributed by atoms with Crippen LogP contribution >= 0.6 is 0 Å². The fourth-order valence-electron chi connectivity index (χ4n) is 0.961. The van der Waals surface area contributed by atoms with Crippen molar-refractivity contribution in [2.45, 2.75) is 31.4 Å². The van der Waals surface area contributed by atoms with Crippen molar-refractivity contribution in [2.75, 3.05) is 19.3 Å². The van der Waals surface area contributed by atoms with Crippen molar-refractivity contribution in [3.05, 3.63) is 0 Å². The van der Waals surface area contributed by atoms with Crippen LogP contribution in [0.1, 0.15) is 26.2 Å². The van der Waals surface area contributed by atoms with E-state index in [4.69, 9.17) is 5.11 Å². The predicted molar refractivity (Wildman–Crippen MR) is 57.9 cm³/mol. The van der Waals surface area contributed by atoms with Gasteiger partial charge in [-0.1, -0.05) is 6.92 Å². The third kappa shape index (κ3) is 8.19. The Labute approximate surface area is 87.5 Å². The summed E-state index contributed by atoms with van der Waals surface area (Å²) in [4.78, 5) is 10.2. The highest BCUT2D eigenvalue weighted by Gasteiger charge is 2.04. The highest BCUT2D eigenvalue weighted by molar-refractivity contribution is 7.84. The molecule has 2 atom stereocenters. The summed E-state index contributed by atoms with van der Waals surface area (Å²) in [5, 5.41) is 11.7. The van der Waals surface area contributed by atoms with Gasteiger partial charge in [0.05, 0.1) is 0 Å². The molecule has 0 saturated carbocycles. The van der Waals surface area contributed by atoms with Crippen LogP contribution in [0.4, 0.5) is 0 Å². The molecule has 0 aromatic carbocycles. The topological polar surface area (TPSA) is 66.4 Å². The van der Waals surface area contributed by atoms with Crippen molar-refractivity contribution < 1.29 is 14.1 Å². The maximum absolute atomic E-state index is 11.0. The van der Waals surface area contributed by atoms with Crippen LogP contribution in [0.3, 0.4) is 0 Å². The summed E-state index contributed by atoms with van der Waals surface area (Å²) in [5.41, 5.74) is 0. The molecule has 0 amide bonds. The summed E-state index contributed by atoms with van der Waals surface area (Å²) in [5.74, 6) is -0.755. The maximum atomic E-state index is 11.0. The van der Waals surface area contributed by atoms with Gasteiger partial charge in [0.15, 0.2) is 0 Å². The lowest BCUT2D eigenvalue weighted by atomic mass is 10.3. The number of rotatable bonds is 8. The van der Waals surface area contributed by atoms with Crippen LogP contribution < -0.4 is 5.32 Å². The van der Waals surface area contributed by atoms with Crippen molar-refractivity contribution in [1.82, 2.24) is 5.32 Å². The van der Waals surface area contributed by atoms with Gasteiger partial charge in [0.1, 0.15) is 0 Å². The minimum atomic E-state index is -0.759. The molecule has 5 heteroatoms. The Balaban J connectivity index is 3.21. The van der Waals surface area contributed by atoms with E-state index in [1.54, 1.807) is 6.26 Å². The second-order valence-electron chi connectivity index (χ2n) is 3.35. The van der Waals surface area contributed by atoms with Gasteiger partial charge in [0, 0.05) is 28.7 Å². The summed E-state index contributed by atoms with van der Waals surface area (Å²) in [6.45, 7) is 3.48. The molecule has 0 aliphatic carbocycles. The third-order valence-corrected chi connectivity index (χ3v) is 3.41. The number of nitrogens with one attached hydrogen (secondary N) is 1. The van der Waals surface area contributed by atoms with Crippen molar-refractivity contribution in [1.29, 1.82) is 0 Å². The first kappa shape index (κ1) is 13.6. The Morgan fingerprint density at radius 2 is 2.14 bits per heavy atom. The van der Waals surface area contributed by atoms with E-state index in [1.165, 1.54) is 0 Å². The lowest BCUT2D eigenvalue weighted by Gasteiger charge is -2.08. The van der Waals surface area contributed by atoms with E-state index in [0.29, 0.717) is 6.42 Å². The average molecular weight is 221 g/mol. The van der Waals surface area contributed by atoms with Crippen molar-refractivity contribution in [2.24, 2.45) is 0 Å². The van der Waals surface area contributed by atoms with Gasteiger partial charge in [-0.3, -0.25) is 9.00 Å². The Bertz CT molecular complexity index is 196. The average Bonchev–Trinajstić information content (AvgIpc) is 2.09. The summed E-state index contributed by atoms with van der Waals surface area (Å²) in [6, 6.07) is 0. The minimum absolute atomic E-state index is 0.210. The van der Waals surface area contributed by atoms with E-state index in [9.17, 15) is 9.00 Å². The molecule has 0 fully saturated rings. The van der Waals surface area contributed by atoms with Crippen molar-refractivity contribution >= 4 is 16.8 Å². The molecule has 0 aliphatic rings. The zero-order valence-corrected chi connectivity index (χ0v) is 9.60. The van der Waals surface area contributed by atoms with Crippen molar-refractivity contribution in [3.63, 3.8) is 0 Å². The van der Waals surface area contributed by atoms with Gasteiger partial charge in [-0.2, -0.15) is 0 Å². The molecule has 2 N–H and O–H groups in total. The zero-order valence-electron chi connectivity index (χ0n) is 8.78. The summed E-state index contributed by atoms with van der Waals surface area (Å²) in [7, 11) is -0.759. The van der Waals surface area contributed by atoms with Crippen molar-refractivity contribution in [3.8, 4) is 0 Å². The molecule has 0 saturated heterocycles. The Morgan fingerprint density at radius 1 is 1.50 bits per heavy atom. The number of hydrogen-bond acceptors (Lipinski definition) is 3. The van der Waals surface area contributed by atoms with Gasteiger partial charge in [0.2, 0.25) is 0 Å². The van der Waals surface area contributed by atoms with Crippen LogP contribution in [0.2, 0.25) is 0 Å². The molecule has 0 bridgehead atoms. The van der Waals surface area contributed by atoms with Gasteiger partial charge >= 0.3 is 5.97 Å². The van der Waals surface area contributed by atoms with E-state index in [0.717, 1.165) is 19.5 Å². The number of carboxylic acid groups (broad SMARTS) is 1. The minimum Gasteiger partial charge on any atom is -0.481 e. The number of carbonyl (C=O) groups is 1.